The van der Waals surface area contributed by atoms with Crippen LogP contribution < -0.4 is 17.1 Å². The summed E-state index contributed by atoms with van der Waals surface area (Å²) >= 11 is 0. The first kappa shape index (κ1) is 22.4. The number of unbranched alkanes of at least 4 members (excludes halogenated alkanes) is 1. The van der Waals surface area contributed by atoms with E-state index in [1.54, 1.807) is 0 Å². The fraction of sp³-hybridized carbons (Fsp3) is 0.688. The van der Waals surface area contributed by atoms with Crippen LogP contribution in [-0.2, 0) is 32.2 Å². The van der Waals surface area contributed by atoms with E-state index in [9.17, 15) is 24.0 Å². The molecule has 11 heteroatoms. The molecule has 0 aromatic carbocycles. The van der Waals surface area contributed by atoms with Crippen molar-refractivity contribution in [3.8, 4) is 0 Å². The maximum absolute atomic E-state index is 12.3. The molecule has 0 bridgehead atoms. The number of H-pyrrole nitrogens is 1. The number of nitrogens with zero attached hydrogens (tertiary/aromatic N) is 2. The van der Waals surface area contributed by atoms with Crippen LogP contribution in [0.5, 0.6) is 0 Å². The zero-order chi connectivity index (χ0) is 20.2. The Kier molecular flexibility index (Phi) is 9.80. The van der Waals surface area contributed by atoms with E-state index in [4.69, 9.17) is 14.6 Å². The number of aromatic nitrogens is 3. The number of nitrogens with one attached hydrogen (secondary N) is 1. The number of aromatic amines is 1. The van der Waals surface area contributed by atoms with Gasteiger partial charge in [0.05, 0.1) is 26.1 Å². The first-order chi connectivity index (χ1) is 12.9. The number of ether oxygens (including phenoxy) is 2. The van der Waals surface area contributed by atoms with Gasteiger partial charge in [-0.1, -0.05) is 13.3 Å². The summed E-state index contributed by atoms with van der Waals surface area (Å²) in [5.74, 6) is -1.20. The molecule has 0 saturated heterocycles. The first-order valence-corrected chi connectivity index (χ1v) is 8.76. The van der Waals surface area contributed by atoms with Crippen molar-refractivity contribution in [1.29, 1.82) is 0 Å². The van der Waals surface area contributed by atoms with Gasteiger partial charge in [0.25, 0.3) is 0 Å². The fourth-order valence-electron chi connectivity index (χ4n) is 2.07. The summed E-state index contributed by atoms with van der Waals surface area (Å²) in [7, 11) is 0. The Morgan fingerprint density at radius 3 is 1.85 bits per heavy atom. The molecule has 0 fully saturated rings. The zero-order valence-corrected chi connectivity index (χ0v) is 15.3. The van der Waals surface area contributed by atoms with Crippen molar-refractivity contribution in [2.45, 2.75) is 52.1 Å². The van der Waals surface area contributed by atoms with Crippen LogP contribution in [-0.4, -0.2) is 51.0 Å². The zero-order valence-electron chi connectivity index (χ0n) is 15.3. The third-order valence-corrected chi connectivity index (χ3v) is 3.57. The number of carbonyl (C=O) groups is 2. The van der Waals surface area contributed by atoms with Gasteiger partial charge in [0.1, 0.15) is 0 Å². The number of hydrogen-bond donors (Lipinski definition) is 2. The number of esters is 2. The predicted octanol–water partition coefficient (Wildman–Crippen LogP) is -1.25. The van der Waals surface area contributed by atoms with Crippen molar-refractivity contribution in [2.75, 3.05) is 19.8 Å². The van der Waals surface area contributed by atoms with Crippen LogP contribution in [0.4, 0.5) is 0 Å². The Morgan fingerprint density at radius 1 is 0.926 bits per heavy atom. The summed E-state index contributed by atoms with van der Waals surface area (Å²) in [4.78, 5) is 61.1. The molecule has 0 spiro atoms. The summed E-state index contributed by atoms with van der Waals surface area (Å²) in [6.07, 6.45) is 1.40. The highest BCUT2D eigenvalue weighted by Gasteiger charge is 2.13. The lowest BCUT2D eigenvalue weighted by Crippen LogP contribution is -2.49. The Labute approximate surface area is 154 Å². The van der Waals surface area contributed by atoms with E-state index in [1.165, 1.54) is 0 Å². The van der Waals surface area contributed by atoms with Crippen LogP contribution in [0.3, 0.4) is 0 Å². The SMILES string of the molecule is CCCCOC(=O)CCn1c(=O)[nH]c(=O)n(CCC(=O)OCCCO)c1=O. The molecule has 1 rings (SSSR count). The number of rotatable bonds is 12. The molecule has 0 atom stereocenters. The van der Waals surface area contributed by atoms with E-state index in [0.29, 0.717) is 15.6 Å². The third kappa shape index (κ3) is 7.60. The minimum absolute atomic E-state index is 0.0280. The standard InChI is InChI=1S/C16H25N3O8/c1-2-3-10-26-12(21)5-7-18-14(23)17-15(24)19(16(18)25)8-6-13(22)27-11-4-9-20/h20H,2-11H2,1H3,(H,17,23,24). The molecule has 1 aromatic heterocycles. The lowest BCUT2D eigenvalue weighted by Gasteiger charge is -2.09. The van der Waals surface area contributed by atoms with Gasteiger partial charge in [-0.3, -0.25) is 14.6 Å². The van der Waals surface area contributed by atoms with Gasteiger partial charge in [-0.05, 0) is 6.42 Å². The molecule has 0 saturated carbocycles. The van der Waals surface area contributed by atoms with Crippen molar-refractivity contribution in [3.63, 3.8) is 0 Å². The van der Waals surface area contributed by atoms with E-state index >= 15 is 0 Å². The molecular formula is C16H25N3O8. The van der Waals surface area contributed by atoms with Crippen LogP contribution in [0.15, 0.2) is 14.4 Å². The quantitative estimate of drug-likeness (QED) is 0.334. The average molecular weight is 387 g/mol. The molecule has 1 heterocycles. The van der Waals surface area contributed by atoms with Crippen molar-refractivity contribution < 1.29 is 24.2 Å². The number of aliphatic hydroxyl groups is 1. The van der Waals surface area contributed by atoms with Gasteiger partial charge in [0, 0.05) is 26.1 Å². The van der Waals surface area contributed by atoms with Crippen LogP contribution in [0.2, 0.25) is 0 Å². The lowest BCUT2D eigenvalue weighted by molar-refractivity contribution is -0.145. The van der Waals surface area contributed by atoms with Crippen LogP contribution in [0, 0.1) is 0 Å². The van der Waals surface area contributed by atoms with Crippen LogP contribution in [0.25, 0.3) is 0 Å². The van der Waals surface area contributed by atoms with Crippen molar-refractivity contribution in [1.82, 2.24) is 14.1 Å². The molecule has 2 N–H and O–H groups in total. The second-order valence-electron chi connectivity index (χ2n) is 5.69. The molecule has 0 radical (unpaired) electrons. The lowest BCUT2D eigenvalue weighted by atomic mass is 10.3. The second kappa shape index (κ2) is 11.8. The highest BCUT2D eigenvalue weighted by atomic mass is 16.5. The minimum atomic E-state index is -0.949. The summed E-state index contributed by atoms with van der Waals surface area (Å²) < 4.78 is 11.2. The fourth-order valence-corrected chi connectivity index (χ4v) is 2.07. The van der Waals surface area contributed by atoms with Gasteiger partial charge in [0.15, 0.2) is 0 Å². The number of hydrogen-bond acceptors (Lipinski definition) is 8. The Balaban J connectivity index is 2.75. The van der Waals surface area contributed by atoms with Crippen LogP contribution >= 0.6 is 0 Å². The Morgan fingerprint density at radius 2 is 1.41 bits per heavy atom. The molecule has 0 aliphatic heterocycles. The average Bonchev–Trinajstić information content (AvgIpc) is 2.61. The monoisotopic (exact) mass is 387 g/mol. The maximum atomic E-state index is 12.3. The van der Waals surface area contributed by atoms with E-state index in [1.807, 2.05) is 11.9 Å². The molecule has 0 amide bonds. The first-order valence-electron chi connectivity index (χ1n) is 8.76. The van der Waals surface area contributed by atoms with E-state index in [-0.39, 0.29) is 52.2 Å². The van der Waals surface area contributed by atoms with Gasteiger partial charge in [-0.2, -0.15) is 0 Å². The molecule has 0 aliphatic carbocycles. The van der Waals surface area contributed by atoms with Crippen molar-refractivity contribution >= 4 is 11.9 Å². The molecule has 11 nitrogen and oxygen atoms in total. The van der Waals surface area contributed by atoms with E-state index in [0.717, 1.165) is 6.42 Å². The highest BCUT2D eigenvalue weighted by Crippen LogP contribution is 1.94. The van der Waals surface area contributed by atoms with E-state index < -0.39 is 29.0 Å². The van der Waals surface area contributed by atoms with Gasteiger partial charge >= 0.3 is 29.0 Å². The predicted molar refractivity (Wildman–Crippen MR) is 93.3 cm³/mol. The topological polar surface area (TPSA) is 150 Å². The van der Waals surface area contributed by atoms with Crippen molar-refractivity contribution in [3.05, 3.63) is 31.5 Å². The van der Waals surface area contributed by atoms with Crippen LogP contribution in [0.1, 0.15) is 39.0 Å². The summed E-state index contributed by atoms with van der Waals surface area (Å²) in [5, 5.41) is 8.62. The molecule has 0 unspecified atom stereocenters. The van der Waals surface area contributed by atoms with Gasteiger partial charge < -0.3 is 14.6 Å². The summed E-state index contributed by atoms with van der Waals surface area (Å²) in [5.41, 5.74) is -2.81. The van der Waals surface area contributed by atoms with Gasteiger partial charge in [-0.25, -0.2) is 23.5 Å². The number of aliphatic hydroxyl groups excluding tert-OH is 1. The maximum Gasteiger partial charge on any atom is 0.336 e. The normalized spacial score (nSPS) is 10.6. The smallest absolute Gasteiger partial charge is 0.336 e. The second-order valence-corrected chi connectivity index (χ2v) is 5.69. The molecule has 0 aliphatic rings. The number of carbonyl (C=O) groups excluding carboxylic acids is 2. The van der Waals surface area contributed by atoms with Crippen molar-refractivity contribution in [2.24, 2.45) is 0 Å². The molecule has 27 heavy (non-hydrogen) atoms. The summed E-state index contributed by atoms with van der Waals surface area (Å²) in [6.45, 7) is 1.57. The molecular weight excluding hydrogens is 362 g/mol. The van der Waals surface area contributed by atoms with Gasteiger partial charge in [0.2, 0.25) is 0 Å². The molecule has 152 valence electrons. The van der Waals surface area contributed by atoms with E-state index in [2.05, 4.69) is 0 Å². The largest absolute Gasteiger partial charge is 0.466 e. The Hall–Kier alpha value is -2.69. The summed E-state index contributed by atoms with van der Waals surface area (Å²) in [6, 6.07) is 0. The Bertz CT molecular complexity index is 731. The van der Waals surface area contributed by atoms with Gasteiger partial charge in [-0.15, -0.1) is 0 Å². The third-order valence-electron chi connectivity index (χ3n) is 3.57. The minimum Gasteiger partial charge on any atom is -0.466 e. The molecule has 1 aromatic rings. The highest BCUT2D eigenvalue weighted by molar-refractivity contribution is 5.69.